The minimum absolute atomic E-state index is 0.737. The summed E-state index contributed by atoms with van der Waals surface area (Å²) in [7, 11) is 0. The van der Waals surface area contributed by atoms with Gasteiger partial charge in [-0.15, -0.1) is 0 Å². The van der Waals surface area contributed by atoms with Gasteiger partial charge in [0.2, 0.25) is 0 Å². The van der Waals surface area contributed by atoms with Crippen LogP contribution >= 0.6 is 0 Å². The van der Waals surface area contributed by atoms with Crippen LogP contribution in [0.3, 0.4) is 0 Å². The van der Waals surface area contributed by atoms with Crippen molar-refractivity contribution >= 4 is 5.57 Å². The first-order valence-corrected chi connectivity index (χ1v) is 13.4. The van der Waals surface area contributed by atoms with Crippen LogP contribution < -0.4 is 0 Å². The number of benzene rings is 1. The molecular formula is C18H26Ti. The first-order chi connectivity index (χ1) is 9.04. The van der Waals surface area contributed by atoms with Gasteiger partial charge in [-0.3, -0.25) is 0 Å². The summed E-state index contributed by atoms with van der Waals surface area (Å²) in [5, 5.41) is 7.82. The molecule has 2 atom stereocenters. The summed E-state index contributed by atoms with van der Waals surface area (Å²) >= 11 is -1.62. The van der Waals surface area contributed by atoms with Gasteiger partial charge in [0.25, 0.3) is 0 Å². The van der Waals surface area contributed by atoms with Crippen molar-refractivity contribution in [2.45, 2.75) is 58.4 Å². The van der Waals surface area contributed by atoms with E-state index in [0.29, 0.717) is 0 Å². The maximum absolute atomic E-state index is 2.61. The quantitative estimate of drug-likeness (QED) is 0.567. The molecule has 19 heavy (non-hydrogen) atoms. The molecule has 0 aliphatic heterocycles. The molecule has 0 saturated heterocycles. The predicted molar refractivity (Wildman–Crippen MR) is 81.6 cm³/mol. The molecule has 0 spiro atoms. The van der Waals surface area contributed by atoms with Crippen LogP contribution in [-0.2, 0) is 16.6 Å². The molecule has 2 aliphatic rings. The van der Waals surface area contributed by atoms with E-state index in [0.717, 1.165) is 10.1 Å². The molecule has 1 aromatic rings. The molecule has 0 aromatic heterocycles. The molecule has 0 bridgehead atoms. The normalized spacial score (nSPS) is 26.3. The van der Waals surface area contributed by atoms with E-state index < -0.39 is 16.6 Å². The van der Waals surface area contributed by atoms with Crippen molar-refractivity contribution < 1.29 is 16.6 Å². The van der Waals surface area contributed by atoms with Crippen molar-refractivity contribution in [3.8, 4) is 0 Å². The maximum atomic E-state index is 2.61. The van der Waals surface area contributed by atoms with Crippen molar-refractivity contribution in [2.24, 2.45) is 0 Å². The number of hydrogen-bond acceptors (Lipinski definition) is 0. The van der Waals surface area contributed by atoms with Gasteiger partial charge >= 0.3 is 122 Å². The van der Waals surface area contributed by atoms with Crippen LogP contribution in [0, 0.1) is 0 Å². The van der Waals surface area contributed by atoms with Gasteiger partial charge < -0.3 is 0 Å². The van der Waals surface area contributed by atoms with E-state index in [9.17, 15) is 0 Å². The molecule has 2 unspecified atom stereocenters. The molecule has 0 saturated carbocycles. The topological polar surface area (TPSA) is 0 Å². The zero-order valence-corrected chi connectivity index (χ0v) is 14.4. The average Bonchev–Trinajstić information content (AvgIpc) is 2.71. The SMILES string of the molecule is CCC1C2=C(CCC[CH]2[Ti]([CH3])([CH3])[CH3])c2ccccc21. The molecule has 1 aromatic carbocycles. The number of allylic oxidation sites excluding steroid dienone is 2. The standard InChI is InChI=1S/C15H17.3CH3.Ti/c1-2-11-12-7-3-5-9-14(12)15-10-6-4-8-13(11)15;;;;/h3,5,7-9,11H,2,4,6,10H2,1H3;3*1H3;. The van der Waals surface area contributed by atoms with E-state index in [4.69, 9.17) is 0 Å². The Morgan fingerprint density at radius 3 is 2.58 bits per heavy atom. The van der Waals surface area contributed by atoms with E-state index in [-0.39, 0.29) is 0 Å². The summed E-state index contributed by atoms with van der Waals surface area (Å²) in [6, 6.07) is 9.21. The van der Waals surface area contributed by atoms with Gasteiger partial charge in [-0.2, -0.15) is 0 Å². The molecule has 0 N–H and O–H groups in total. The minimum atomic E-state index is -1.62. The molecule has 0 heterocycles. The predicted octanol–water partition coefficient (Wildman–Crippen LogP) is 6.22. The number of hydrogen-bond donors (Lipinski definition) is 0. The molecule has 0 nitrogen and oxygen atoms in total. The fraction of sp³-hybridized carbons (Fsp3) is 0.556. The van der Waals surface area contributed by atoms with Gasteiger partial charge in [0, 0.05) is 0 Å². The Morgan fingerprint density at radius 1 is 1.16 bits per heavy atom. The summed E-state index contributed by atoms with van der Waals surface area (Å²) in [5.74, 6) is 0.737. The van der Waals surface area contributed by atoms with Crippen LogP contribution in [0.1, 0.15) is 49.7 Å². The summed E-state index contributed by atoms with van der Waals surface area (Å²) in [6.45, 7) is 2.37. The first-order valence-electron chi connectivity index (χ1n) is 7.86. The second kappa shape index (κ2) is 4.90. The molecule has 0 radical (unpaired) electrons. The fourth-order valence-electron chi connectivity index (χ4n) is 4.32. The van der Waals surface area contributed by atoms with Crippen LogP contribution in [0.5, 0.6) is 0 Å². The third-order valence-corrected chi connectivity index (χ3v) is 9.34. The molecule has 0 fully saturated rings. The third-order valence-electron chi connectivity index (χ3n) is 5.13. The second-order valence-corrected chi connectivity index (χ2v) is 15.8. The Balaban J connectivity index is 2.14. The fourth-order valence-corrected chi connectivity index (χ4v) is 8.03. The van der Waals surface area contributed by atoms with Crippen LogP contribution in [0.25, 0.3) is 5.57 Å². The zero-order chi connectivity index (χ0) is 13.6. The van der Waals surface area contributed by atoms with Crippen LogP contribution in [0.2, 0.25) is 19.9 Å². The van der Waals surface area contributed by atoms with E-state index in [1.54, 1.807) is 16.7 Å². The van der Waals surface area contributed by atoms with Gasteiger partial charge in [-0.25, -0.2) is 0 Å². The van der Waals surface area contributed by atoms with Gasteiger partial charge in [0.15, 0.2) is 0 Å². The third kappa shape index (κ3) is 2.18. The number of rotatable bonds is 2. The average molecular weight is 290 g/mol. The van der Waals surface area contributed by atoms with E-state index in [2.05, 4.69) is 46.9 Å². The monoisotopic (exact) mass is 290 g/mol. The second-order valence-electron chi connectivity index (χ2n) is 7.29. The van der Waals surface area contributed by atoms with Gasteiger partial charge in [0.05, 0.1) is 0 Å². The molecule has 3 rings (SSSR count). The van der Waals surface area contributed by atoms with E-state index >= 15 is 0 Å². The number of fused-ring (bicyclic) bond motifs is 2. The summed E-state index contributed by atoms with van der Waals surface area (Å²) in [5.41, 5.74) is 6.86. The molecule has 102 valence electrons. The van der Waals surface area contributed by atoms with Crippen LogP contribution in [0.15, 0.2) is 29.8 Å². The Labute approximate surface area is 121 Å². The summed E-state index contributed by atoms with van der Waals surface area (Å²) in [6.07, 6.45) is 5.49. The Bertz CT molecular complexity index is 519. The summed E-state index contributed by atoms with van der Waals surface area (Å²) in [4.78, 5) is 0. The van der Waals surface area contributed by atoms with Crippen molar-refractivity contribution in [3.05, 3.63) is 41.0 Å². The van der Waals surface area contributed by atoms with Crippen LogP contribution in [0.4, 0.5) is 0 Å². The van der Waals surface area contributed by atoms with Gasteiger partial charge in [0.1, 0.15) is 0 Å². The summed E-state index contributed by atoms with van der Waals surface area (Å²) < 4.78 is 0.959. The Morgan fingerprint density at radius 2 is 1.89 bits per heavy atom. The molecule has 1 heteroatoms. The van der Waals surface area contributed by atoms with E-state index in [1.807, 2.05) is 5.57 Å². The van der Waals surface area contributed by atoms with Gasteiger partial charge in [-0.05, 0) is 0 Å². The molecular weight excluding hydrogens is 264 g/mol. The zero-order valence-electron chi connectivity index (χ0n) is 12.8. The Hall–Kier alpha value is -0.326. The van der Waals surface area contributed by atoms with Crippen molar-refractivity contribution in [1.29, 1.82) is 0 Å². The van der Waals surface area contributed by atoms with Crippen molar-refractivity contribution in [2.75, 3.05) is 0 Å². The van der Waals surface area contributed by atoms with Crippen molar-refractivity contribution in [3.63, 3.8) is 0 Å². The molecule has 0 amide bonds. The Kier molecular flexibility index (Phi) is 3.52. The van der Waals surface area contributed by atoms with Crippen LogP contribution in [-0.4, -0.2) is 0 Å². The van der Waals surface area contributed by atoms with E-state index in [1.165, 1.54) is 25.7 Å². The van der Waals surface area contributed by atoms with Crippen molar-refractivity contribution in [1.82, 2.24) is 0 Å². The first kappa shape index (κ1) is 13.6. The van der Waals surface area contributed by atoms with Gasteiger partial charge in [-0.1, -0.05) is 0 Å². The molecule has 2 aliphatic carbocycles.